The van der Waals surface area contributed by atoms with Gasteiger partial charge in [0, 0.05) is 18.0 Å². The van der Waals surface area contributed by atoms with Gasteiger partial charge in [0.2, 0.25) is 0 Å². The molecule has 3 rings (SSSR count). The van der Waals surface area contributed by atoms with E-state index in [1.165, 1.54) is 6.07 Å². The molecule has 3 nitrogen and oxygen atoms in total. The van der Waals surface area contributed by atoms with Crippen LogP contribution in [0.5, 0.6) is 0 Å². The SMILES string of the molecule is C[C@@H]1[C@@H](O)CN1c1cc(F)c(Br)c2ccoc12. The second-order valence-electron chi connectivity index (χ2n) is 4.32. The first kappa shape index (κ1) is 11.0. The van der Waals surface area contributed by atoms with Crippen molar-refractivity contribution in [1.29, 1.82) is 0 Å². The number of fused-ring (bicyclic) bond motifs is 1. The number of rotatable bonds is 1. The quantitative estimate of drug-likeness (QED) is 0.880. The Morgan fingerprint density at radius 3 is 3.00 bits per heavy atom. The van der Waals surface area contributed by atoms with E-state index in [9.17, 15) is 9.50 Å². The maximum Gasteiger partial charge on any atom is 0.158 e. The van der Waals surface area contributed by atoms with Gasteiger partial charge in [-0.15, -0.1) is 0 Å². The largest absolute Gasteiger partial charge is 0.462 e. The molecule has 0 amide bonds. The summed E-state index contributed by atoms with van der Waals surface area (Å²) in [6, 6.07) is 3.16. The third-order valence-electron chi connectivity index (χ3n) is 3.35. The van der Waals surface area contributed by atoms with Gasteiger partial charge in [-0.2, -0.15) is 0 Å². The fraction of sp³-hybridized carbons (Fsp3) is 0.333. The van der Waals surface area contributed by atoms with Crippen LogP contribution in [0.25, 0.3) is 11.0 Å². The minimum absolute atomic E-state index is 0.0103. The van der Waals surface area contributed by atoms with Crippen molar-refractivity contribution in [3.05, 3.63) is 28.7 Å². The van der Waals surface area contributed by atoms with E-state index >= 15 is 0 Å². The normalized spacial score (nSPS) is 24.1. The van der Waals surface area contributed by atoms with Crippen LogP contribution in [0.4, 0.5) is 10.1 Å². The Kier molecular flexibility index (Phi) is 2.41. The number of benzene rings is 1. The Morgan fingerprint density at radius 1 is 1.59 bits per heavy atom. The highest BCUT2D eigenvalue weighted by atomic mass is 79.9. The number of anilines is 1. The van der Waals surface area contributed by atoms with Crippen molar-refractivity contribution in [2.45, 2.75) is 19.1 Å². The van der Waals surface area contributed by atoms with Gasteiger partial charge in [-0.25, -0.2) is 4.39 Å². The van der Waals surface area contributed by atoms with Crippen LogP contribution in [-0.4, -0.2) is 23.8 Å². The number of nitrogens with zero attached hydrogens (tertiary/aromatic N) is 1. The molecule has 2 atom stereocenters. The fourth-order valence-electron chi connectivity index (χ4n) is 2.18. The number of halogens is 2. The van der Waals surface area contributed by atoms with Crippen molar-refractivity contribution in [2.24, 2.45) is 0 Å². The van der Waals surface area contributed by atoms with Gasteiger partial charge in [-0.3, -0.25) is 0 Å². The highest BCUT2D eigenvalue weighted by Gasteiger charge is 2.35. The van der Waals surface area contributed by atoms with Crippen molar-refractivity contribution >= 4 is 32.6 Å². The predicted molar refractivity (Wildman–Crippen MR) is 66.7 cm³/mol. The number of aliphatic hydroxyl groups excluding tert-OH is 1. The zero-order valence-electron chi connectivity index (χ0n) is 9.15. The van der Waals surface area contributed by atoms with E-state index in [0.717, 1.165) is 0 Å². The van der Waals surface area contributed by atoms with E-state index in [1.807, 2.05) is 11.8 Å². The molecule has 1 aromatic heterocycles. The van der Waals surface area contributed by atoms with Crippen molar-refractivity contribution in [3.63, 3.8) is 0 Å². The Labute approximate surface area is 106 Å². The first-order chi connectivity index (χ1) is 8.09. The van der Waals surface area contributed by atoms with Gasteiger partial charge in [-0.05, 0) is 28.9 Å². The zero-order valence-corrected chi connectivity index (χ0v) is 10.7. The molecule has 90 valence electrons. The first-order valence-electron chi connectivity index (χ1n) is 5.39. The highest BCUT2D eigenvalue weighted by molar-refractivity contribution is 9.10. The lowest BCUT2D eigenvalue weighted by Gasteiger charge is -2.45. The molecule has 2 aromatic rings. The molecule has 5 heteroatoms. The standard InChI is InChI=1S/C12H11BrFNO2/c1-6-10(16)5-15(6)9-4-8(14)11(13)7-2-3-17-12(7)9/h2-4,6,10,16H,5H2,1H3/t6-,10+/m1/s1. The van der Waals surface area contributed by atoms with Crippen molar-refractivity contribution in [1.82, 2.24) is 0 Å². The molecule has 2 heterocycles. The molecule has 1 aromatic carbocycles. The molecule has 0 radical (unpaired) electrons. The number of hydrogen-bond donors (Lipinski definition) is 1. The van der Waals surface area contributed by atoms with E-state index in [-0.39, 0.29) is 18.0 Å². The highest BCUT2D eigenvalue weighted by Crippen LogP contribution is 2.38. The average molecular weight is 300 g/mol. The molecule has 1 aliphatic rings. The Hall–Kier alpha value is -1.07. The second-order valence-corrected chi connectivity index (χ2v) is 5.11. The molecule has 17 heavy (non-hydrogen) atoms. The minimum Gasteiger partial charge on any atom is -0.462 e. The monoisotopic (exact) mass is 299 g/mol. The van der Waals surface area contributed by atoms with Crippen LogP contribution in [0.3, 0.4) is 0 Å². The summed E-state index contributed by atoms with van der Waals surface area (Å²) in [4.78, 5) is 1.94. The third-order valence-corrected chi connectivity index (χ3v) is 4.16. The Bertz CT molecular complexity index is 583. The van der Waals surface area contributed by atoms with Gasteiger partial charge < -0.3 is 14.4 Å². The number of hydrogen-bond acceptors (Lipinski definition) is 3. The second kappa shape index (κ2) is 3.71. The Balaban J connectivity index is 2.17. The van der Waals surface area contributed by atoms with Crippen LogP contribution < -0.4 is 4.90 Å². The molecule has 0 spiro atoms. The molecule has 1 aliphatic heterocycles. The number of furan rings is 1. The maximum absolute atomic E-state index is 13.8. The molecule has 0 bridgehead atoms. The van der Waals surface area contributed by atoms with E-state index in [1.54, 1.807) is 12.3 Å². The summed E-state index contributed by atoms with van der Waals surface area (Å²) in [5, 5.41) is 10.2. The van der Waals surface area contributed by atoms with Gasteiger partial charge in [0.1, 0.15) is 5.82 Å². The summed E-state index contributed by atoms with van der Waals surface area (Å²) in [6.45, 7) is 2.42. The number of aliphatic hydroxyl groups is 1. The molecular formula is C12H11BrFNO2. The smallest absolute Gasteiger partial charge is 0.158 e. The molecule has 1 N–H and O–H groups in total. The predicted octanol–water partition coefficient (Wildman–Crippen LogP) is 2.90. The summed E-state index contributed by atoms with van der Waals surface area (Å²) in [6.07, 6.45) is 1.19. The topological polar surface area (TPSA) is 36.6 Å². The summed E-state index contributed by atoms with van der Waals surface area (Å²) >= 11 is 3.21. The third kappa shape index (κ3) is 1.49. The van der Waals surface area contributed by atoms with Crippen molar-refractivity contribution in [2.75, 3.05) is 11.4 Å². The zero-order chi connectivity index (χ0) is 12.2. The summed E-state index contributed by atoms with van der Waals surface area (Å²) < 4.78 is 19.6. The summed E-state index contributed by atoms with van der Waals surface area (Å²) in [5.41, 5.74) is 1.35. The molecule has 0 unspecified atom stereocenters. The molecule has 0 saturated carbocycles. The maximum atomic E-state index is 13.8. The van der Waals surface area contributed by atoms with Crippen molar-refractivity contribution in [3.8, 4) is 0 Å². The van der Waals surface area contributed by atoms with Gasteiger partial charge >= 0.3 is 0 Å². The van der Waals surface area contributed by atoms with E-state index in [4.69, 9.17) is 4.42 Å². The van der Waals surface area contributed by atoms with Crippen LogP contribution in [0.1, 0.15) is 6.92 Å². The van der Waals surface area contributed by atoms with E-state index < -0.39 is 0 Å². The van der Waals surface area contributed by atoms with Crippen molar-refractivity contribution < 1.29 is 13.9 Å². The van der Waals surface area contributed by atoms with Crippen LogP contribution in [0, 0.1) is 5.82 Å². The summed E-state index contributed by atoms with van der Waals surface area (Å²) in [5.74, 6) is -0.317. The molecule has 1 fully saturated rings. The fourth-order valence-corrected chi connectivity index (χ4v) is 2.61. The molecule has 1 saturated heterocycles. The molecular weight excluding hydrogens is 289 g/mol. The lowest BCUT2D eigenvalue weighted by molar-refractivity contribution is 0.0995. The lowest BCUT2D eigenvalue weighted by Crippen LogP contribution is -2.58. The number of β-amino-alcohol motifs (C(OH)–C–C–N with tert-alkyl or cyclic N) is 1. The summed E-state index contributed by atoms with van der Waals surface area (Å²) in [7, 11) is 0. The van der Waals surface area contributed by atoms with Crippen LogP contribution in [0.2, 0.25) is 0 Å². The van der Waals surface area contributed by atoms with E-state index in [0.29, 0.717) is 27.7 Å². The van der Waals surface area contributed by atoms with Gasteiger partial charge in [0.15, 0.2) is 5.58 Å². The van der Waals surface area contributed by atoms with Gasteiger partial charge in [0.25, 0.3) is 0 Å². The van der Waals surface area contributed by atoms with Crippen LogP contribution >= 0.6 is 15.9 Å². The lowest BCUT2D eigenvalue weighted by atomic mass is 9.99. The van der Waals surface area contributed by atoms with E-state index in [2.05, 4.69) is 15.9 Å². The minimum atomic E-state index is -0.355. The Morgan fingerprint density at radius 2 is 2.35 bits per heavy atom. The van der Waals surface area contributed by atoms with Gasteiger partial charge in [0.05, 0.1) is 28.6 Å². The van der Waals surface area contributed by atoms with Crippen LogP contribution in [-0.2, 0) is 0 Å². The first-order valence-corrected chi connectivity index (χ1v) is 6.19. The molecule has 0 aliphatic carbocycles. The average Bonchev–Trinajstić information content (AvgIpc) is 2.80. The van der Waals surface area contributed by atoms with Gasteiger partial charge in [-0.1, -0.05) is 0 Å². The van der Waals surface area contributed by atoms with Crippen LogP contribution in [0.15, 0.2) is 27.3 Å².